The molecule has 4 heteroatoms. The Morgan fingerprint density at radius 2 is 1.24 bits per heavy atom. The predicted octanol–water partition coefficient (Wildman–Crippen LogP) is 6.00. The first-order valence-electron chi connectivity index (χ1n) is 8.70. The molecule has 0 saturated carbocycles. The average molecular weight is 358 g/mol. The van der Waals surface area contributed by atoms with Gasteiger partial charge >= 0.3 is 7.60 Å². The van der Waals surface area contributed by atoms with Gasteiger partial charge in [-0.15, -0.1) is 0 Å². The summed E-state index contributed by atoms with van der Waals surface area (Å²) in [6.45, 7) is 8.53. The van der Waals surface area contributed by atoms with Gasteiger partial charge in [0.25, 0.3) is 0 Å². The van der Waals surface area contributed by atoms with Gasteiger partial charge in [0.05, 0.1) is 19.4 Å². The van der Waals surface area contributed by atoms with Gasteiger partial charge in [0.2, 0.25) is 0 Å². The van der Waals surface area contributed by atoms with Crippen LogP contribution in [0.15, 0.2) is 54.6 Å². The molecule has 0 spiro atoms. The molecule has 2 aromatic carbocycles. The highest BCUT2D eigenvalue weighted by Crippen LogP contribution is 2.48. The van der Waals surface area contributed by atoms with Crippen LogP contribution in [0.1, 0.15) is 36.1 Å². The fourth-order valence-electron chi connectivity index (χ4n) is 2.61. The molecule has 0 amide bonds. The summed E-state index contributed by atoms with van der Waals surface area (Å²) in [4.78, 5) is 0. The number of rotatable bonds is 8. The normalized spacial score (nSPS) is 11.4. The molecule has 0 aromatic heterocycles. The third-order valence-corrected chi connectivity index (χ3v) is 5.83. The summed E-state index contributed by atoms with van der Waals surface area (Å²) in [5.74, 6) is 0. The lowest BCUT2D eigenvalue weighted by Gasteiger charge is -2.16. The van der Waals surface area contributed by atoms with E-state index in [0.29, 0.717) is 13.2 Å². The van der Waals surface area contributed by atoms with Crippen LogP contribution < -0.4 is 0 Å². The van der Waals surface area contributed by atoms with E-state index >= 15 is 0 Å². The van der Waals surface area contributed by atoms with Crippen molar-refractivity contribution in [1.29, 1.82) is 0 Å². The molecule has 0 atom stereocenters. The summed E-state index contributed by atoms with van der Waals surface area (Å²) in [7, 11) is -3.11. The Morgan fingerprint density at radius 3 is 1.60 bits per heavy atom. The van der Waals surface area contributed by atoms with Gasteiger partial charge in [-0.25, -0.2) is 0 Å². The molecule has 2 aromatic rings. The highest BCUT2D eigenvalue weighted by molar-refractivity contribution is 7.54. The SMILES string of the molecule is CCOP(=O)(CC=C(c1ccc(C)cc1)c1ccc(C)cc1)OCC. The lowest BCUT2D eigenvalue weighted by atomic mass is 9.96. The van der Waals surface area contributed by atoms with E-state index in [1.165, 1.54) is 11.1 Å². The topological polar surface area (TPSA) is 35.5 Å². The molecule has 0 aliphatic rings. The summed E-state index contributed by atoms with van der Waals surface area (Å²) in [6, 6.07) is 16.7. The van der Waals surface area contributed by atoms with Crippen LogP contribution in [-0.2, 0) is 13.6 Å². The number of hydrogen-bond acceptors (Lipinski definition) is 3. The molecule has 0 fully saturated rings. The number of aryl methyl sites for hydroxylation is 2. The smallest absolute Gasteiger partial charge is 0.309 e. The van der Waals surface area contributed by atoms with Gasteiger partial charge in [-0.1, -0.05) is 65.7 Å². The van der Waals surface area contributed by atoms with Crippen LogP contribution in [-0.4, -0.2) is 19.4 Å². The Bertz CT molecular complexity index is 688. The zero-order chi connectivity index (χ0) is 18.3. The van der Waals surface area contributed by atoms with Crippen molar-refractivity contribution in [2.24, 2.45) is 0 Å². The molecule has 0 aliphatic carbocycles. The minimum atomic E-state index is -3.11. The Labute approximate surface area is 151 Å². The largest absolute Gasteiger partial charge is 0.334 e. The van der Waals surface area contributed by atoms with Crippen molar-refractivity contribution in [1.82, 2.24) is 0 Å². The molecule has 0 saturated heterocycles. The van der Waals surface area contributed by atoms with Gasteiger partial charge in [0.1, 0.15) is 0 Å². The molecule has 0 bridgehead atoms. The first-order valence-corrected chi connectivity index (χ1v) is 10.4. The van der Waals surface area contributed by atoms with Crippen molar-refractivity contribution in [3.8, 4) is 0 Å². The van der Waals surface area contributed by atoms with E-state index < -0.39 is 7.60 Å². The van der Waals surface area contributed by atoms with E-state index in [9.17, 15) is 4.57 Å². The van der Waals surface area contributed by atoms with Crippen LogP contribution in [0.3, 0.4) is 0 Å². The summed E-state index contributed by atoms with van der Waals surface area (Å²) in [5, 5.41) is 0. The molecular formula is C21H27O3P. The monoisotopic (exact) mass is 358 g/mol. The van der Waals surface area contributed by atoms with Crippen molar-refractivity contribution in [2.45, 2.75) is 27.7 Å². The molecule has 3 nitrogen and oxygen atoms in total. The zero-order valence-electron chi connectivity index (χ0n) is 15.5. The second kappa shape index (κ2) is 9.15. The number of hydrogen-bond donors (Lipinski definition) is 0. The molecule has 0 N–H and O–H groups in total. The molecule has 25 heavy (non-hydrogen) atoms. The minimum absolute atomic E-state index is 0.256. The summed E-state index contributed by atoms with van der Waals surface area (Å²) in [5.41, 5.74) is 5.64. The minimum Gasteiger partial charge on any atom is -0.309 e. The van der Waals surface area contributed by atoms with Crippen molar-refractivity contribution in [3.63, 3.8) is 0 Å². The van der Waals surface area contributed by atoms with Crippen LogP contribution in [0.25, 0.3) is 5.57 Å². The Hall–Kier alpha value is -1.67. The van der Waals surface area contributed by atoms with E-state index in [1.54, 1.807) is 0 Å². The maximum absolute atomic E-state index is 12.8. The summed E-state index contributed by atoms with van der Waals surface area (Å²) >= 11 is 0. The maximum Gasteiger partial charge on any atom is 0.334 e. The van der Waals surface area contributed by atoms with Crippen LogP contribution in [0, 0.1) is 13.8 Å². The van der Waals surface area contributed by atoms with E-state index in [4.69, 9.17) is 9.05 Å². The molecule has 134 valence electrons. The third kappa shape index (κ3) is 5.67. The fourth-order valence-corrected chi connectivity index (χ4v) is 4.09. The first kappa shape index (κ1) is 19.7. The van der Waals surface area contributed by atoms with E-state index in [2.05, 4.69) is 62.4 Å². The first-order chi connectivity index (χ1) is 12.0. The predicted molar refractivity (Wildman–Crippen MR) is 105 cm³/mol. The van der Waals surface area contributed by atoms with Gasteiger partial charge in [0, 0.05) is 0 Å². The molecule has 0 unspecified atom stereocenters. The Balaban J connectivity index is 2.41. The third-order valence-electron chi connectivity index (χ3n) is 3.90. The van der Waals surface area contributed by atoms with Crippen molar-refractivity contribution in [2.75, 3.05) is 19.4 Å². The van der Waals surface area contributed by atoms with Gasteiger partial charge in [-0.05, 0) is 44.4 Å². The highest BCUT2D eigenvalue weighted by atomic mass is 31.2. The van der Waals surface area contributed by atoms with Gasteiger partial charge in [-0.3, -0.25) is 4.57 Å². The fraction of sp³-hybridized carbons (Fsp3) is 0.333. The van der Waals surface area contributed by atoms with Gasteiger partial charge in [0.15, 0.2) is 0 Å². The highest BCUT2D eigenvalue weighted by Gasteiger charge is 2.22. The average Bonchev–Trinajstić information content (AvgIpc) is 2.58. The standard InChI is InChI=1S/C21H27O3P/c1-5-23-25(22,24-6-2)16-15-21(19-11-7-17(3)8-12-19)20-13-9-18(4)10-14-20/h7-15H,5-6,16H2,1-4H3. The van der Waals surface area contributed by atoms with Crippen LogP contribution in [0.4, 0.5) is 0 Å². The van der Waals surface area contributed by atoms with E-state index in [0.717, 1.165) is 16.7 Å². The molecule has 0 radical (unpaired) electrons. The van der Waals surface area contributed by atoms with Crippen molar-refractivity contribution in [3.05, 3.63) is 76.9 Å². The Morgan fingerprint density at radius 1 is 0.840 bits per heavy atom. The zero-order valence-corrected chi connectivity index (χ0v) is 16.4. The number of allylic oxidation sites excluding steroid dienone is 1. The molecular weight excluding hydrogens is 331 g/mol. The van der Waals surface area contributed by atoms with Crippen molar-refractivity contribution < 1.29 is 13.6 Å². The molecule has 0 heterocycles. The molecule has 2 rings (SSSR count). The number of benzene rings is 2. The second-order valence-corrected chi connectivity index (χ2v) is 8.08. The molecule has 0 aliphatic heterocycles. The van der Waals surface area contributed by atoms with Crippen molar-refractivity contribution >= 4 is 13.2 Å². The van der Waals surface area contributed by atoms with Gasteiger partial charge in [-0.2, -0.15) is 0 Å². The summed E-state index contributed by atoms with van der Waals surface area (Å²) in [6.07, 6.45) is 2.23. The van der Waals surface area contributed by atoms with Crippen LogP contribution in [0.5, 0.6) is 0 Å². The maximum atomic E-state index is 12.8. The van der Waals surface area contributed by atoms with Crippen LogP contribution >= 0.6 is 7.60 Å². The summed E-state index contributed by atoms with van der Waals surface area (Å²) < 4.78 is 23.6. The quantitative estimate of drug-likeness (QED) is 0.543. The second-order valence-electron chi connectivity index (χ2n) is 5.98. The van der Waals surface area contributed by atoms with E-state index in [-0.39, 0.29) is 6.16 Å². The lowest BCUT2D eigenvalue weighted by Crippen LogP contribution is -2.00. The Kier molecular flexibility index (Phi) is 7.19. The van der Waals surface area contributed by atoms with Gasteiger partial charge < -0.3 is 9.05 Å². The van der Waals surface area contributed by atoms with E-state index in [1.807, 2.05) is 19.9 Å². The lowest BCUT2D eigenvalue weighted by molar-refractivity contribution is 0.222. The van der Waals surface area contributed by atoms with Crippen LogP contribution in [0.2, 0.25) is 0 Å².